The maximum absolute atomic E-state index is 13.1. The van der Waals surface area contributed by atoms with Crippen molar-refractivity contribution in [3.05, 3.63) is 59.9 Å². The van der Waals surface area contributed by atoms with Gasteiger partial charge in [-0.05, 0) is 48.5 Å². The normalized spacial score (nSPS) is 13.8. The molecule has 1 fully saturated rings. The van der Waals surface area contributed by atoms with Crippen LogP contribution in [0.2, 0.25) is 0 Å². The van der Waals surface area contributed by atoms with Gasteiger partial charge in [0.25, 0.3) is 0 Å². The van der Waals surface area contributed by atoms with Crippen LogP contribution in [0.15, 0.2) is 48.5 Å². The van der Waals surface area contributed by atoms with Gasteiger partial charge < -0.3 is 14.7 Å². The summed E-state index contributed by atoms with van der Waals surface area (Å²) in [6.07, 6.45) is 0. The van der Waals surface area contributed by atoms with Crippen molar-refractivity contribution in [2.45, 2.75) is 6.92 Å². The van der Waals surface area contributed by atoms with Crippen LogP contribution in [0.25, 0.3) is 0 Å². The highest BCUT2D eigenvalue weighted by atomic mass is 19.1. The van der Waals surface area contributed by atoms with Crippen LogP contribution in [-0.2, 0) is 9.59 Å². The van der Waals surface area contributed by atoms with Gasteiger partial charge in [0.2, 0.25) is 11.8 Å². The summed E-state index contributed by atoms with van der Waals surface area (Å²) >= 11 is 0. The molecule has 0 N–H and O–H groups in total. The highest BCUT2D eigenvalue weighted by Crippen LogP contribution is 2.18. The van der Waals surface area contributed by atoms with Crippen LogP contribution in [0, 0.1) is 17.1 Å². The number of amides is 2. The molecule has 2 amide bonds. The Bertz CT molecular complexity index is 882. The molecule has 1 aliphatic rings. The highest BCUT2D eigenvalue weighted by Gasteiger charge is 2.24. The van der Waals surface area contributed by atoms with Crippen molar-refractivity contribution >= 4 is 23.2 Å². The van der Waals surface area contributed by atoms with E-state index in [9.17, 15) is 14.0 Å². The van der Waals surface area contributed by atoms with Gasteiger partial charge in [-0.1, -0.05) is 0 Å². The Morgan fingerprint density at radius 1 is 1.04 bits per heavy atom. The molecule has 144 valence electrons. The Labute approximate surface area is 163 Å². The summed E-state index contributed by atoms with van der Waals surface area (Å²) in [7, 11) is 0. The fraction of sp³-hybridized carbons (Fsp3) is 0.286. The Balaban J connectivity index is 1.61. The van der Waals surface area contributed by atoms with E-state index in [1.54, 1.807) is 41.3 Å². The zero-order chi connectivity index (χ0) is 20.1. The minimum Gasteiger partial charge on any atom is -0.368 e. The van der Waals surface area contributed by atoms with Gasteiger partial charge in [-0.3, -0.25) is 9.59 Å². The predicted octanol–water partition coefficient (Wildman–Crippen LogP) is 2.40. The van der Waals surface area contributed by atoms with Crippen molar-refractivity contribution in [3.8, 4) is 6.07 Å². The molecule has 0 aromatic heterocycles. The van der Waals surface area contributed by atoms with Crippen LogP contribution < -0.4 is 9.80 Å². The summed E-state index contributed by atoms with van der Waals surface area (Å²) in [6.45, 7) is 3.74. The summed E-state index contributed by atoms with van der Waals surface area (Å²) in [5.41, 5.74) is 2.01. The van der Waals surface area contributed by atoms with Crippen molar-refractivity contribution in [3.63, 3.8) is 0 Å². The third-order valence-corrected chi connectivity index (χ3v) is 4.81. The number of carbonyl (C=O) groups excluding carboxylic acids is 2. The van der Waals surface area contributed by atoms with Crippen LogP contribution in [0.1, 0.15) is 12.5 Å². The molecule has 1 heterocycles. The lowest BCUT2D eigenvalue weighted by Gasteiger charge is -2.37. The Morgan fingerprint density at radius 3 is 2.18 bits per heavy atom. The first-order chi connectivity index (χ1) is 13.5. The van der Waals surface area contributed by atoms with Crippen molar-refractivity contribution in [2.24, 2.45) is 0 Å². The molecule has 2 aromatic carbocycles. The lowest BCUT2D eigenvalue weighted by Crippen LogP contribution is -2.51. The third-order valence-electron chi connectivity index (χ3n) is 4.81. The standard InChI is InChI=1S/C21H21FN4O2/c1-16(27)26(20-6-2-17(14-23)3-7-20)15-21(28)25-12-10-24(11-13-25)19-8-4-18(22)5-9-19/h2-9H,10-13,15H2,1H3. The number of carbonyl (C=O) groups is 2. The number of anilines is 2. The number of rotatable bonds is 4. The average molecular weight is 380 g/mol. The fourth-order valence-electron chi connectivity index (χ4n) is 3.20. The van der Waals surface area contributed by atoms with Crippen LogP contribution >= 0.6 is 0 Å². The maximum Gasteiger partial charge on any atom is 0.242 e. The second-order valence-corrected chi connectivity index (χ2v) is 6.61. The number of nitrogens with zero attached hydrogens (tertiary/aromatic N) is 4. The van der Waals surface area contributed by atoms with Gasteiger partial charge in [-0.25, -0.2) is 4.39 Å². The molecule has 0 unspecified atom stereocenters. The van der Waals surface area contributed by atoms with E-state index in [0.29, 0.717) is 37.4 Å². The third kappa shape index (κ3) is 4.46. The molecule has 28 heavy (non-hydrogen) atoms. The van der Waals surface area contributed by atoms with E-state index in [0.717, 1.165) is 5.69 Å². The van der Waals surface area contributed by atoms with Crippen molar-refractivity contribution in [1.82, 2.24) is 4.90 Å². The Kier molecular flexibility index (Phi) is 5.90. The number of benzene rings is 2. The van der Waals surface area contributed by atoms with Crippen LogP contribution in [0.5, 0.6) is 0 Å². The largest absolute Gasteiger partial charge is 0.368 e. The molecule has 0 saturated carbocycles. The number of halogens is 1. The van der Waals surface area contributed by atoms with Gasteiger partial charge in [0.1, 0.15) is 12.4 Å². The van der Waals surface area contributed by atoms with E-state index in [1.165, 1.54) is 24.0 Å². The van der Waals surface area contributed by atoms with Crippen molar-refractivity contribution in [1.29, 1.82) is 5.26 Å². The van der Waals surface area contributed by atoms with E-state index in [-0.39, 0.29) is 24.2 Å². The van der Waals surface area contributed by atoms with Crippen LogP contribution in [-0.4, -0.2) is 49.4 Å². The van der Waals surface area contributed by atoms with Crippen molar-refractivity contribution < 1.29 is 14.0 Å². The smallest absolute Gasteiger partial charge is 0.242 e. The van der Waals surface area contributed by atoms with E-state index in [1.807, 2.05) is 6.07 Å². The summed E-state index contributed by atoms with van der Waals surface area (Å²) in [4.78, 5) is 30.0. The topological polar surface area (TPSA) is 67.7 Å². The molecule has 1 saturated heterocycles. The van der Waals surface area contributed by atoms with E-state index in [4.69, 9.17) is 5.26 Å². The molecule has 6 nitrogen and oxygen atoms in total. The SMILES string of the molecule is CC(=O)N(CC(=O)N1CCN(c2ccc(F)cc2)CC1)c1ccc(C#N)cc1. The first kappa shape index (κ1) is 19.4. The molecule has 2 aromatic rings. The molecule has 0 aliphatic carbocycles. The van der Waals surface area contributed by atoms with Gasteiger partial charge in [0.15, 0.2) is 0 Å². The number of piperazine rings is 1. The number of hydrogen-bond acceptors (Lipinski definition) is 4. The minimum atomic E-state index is -0.273. The van der Waals surface area contributed by atoms with Crippen LogP contribution in [0.3, 0.4) is 0 Å². The van der Waals surface area contributed by atoms with Gasteiger partial charge in [0.05, 0.1) is 11.6 Å². The Morgan fingerprint density at radius 2 is 1.64 bits per heavy atom. The fourth-order valence-corrected chi connectivity index (χ4v) is 3.20. The predicted molar refractivity (Wildman–Crippen MR) is 104 cm³/mol. The average Bonchev–Trinajstić information content (AvgIpc) is 2.72. The second kappa shape index (κ2) is 8.53. The monoisotopic (exact) mass is 380 g/mol. The summed E-state index contributed by atoms with van der Waals surface area (Å²) in [5.74, 6) is -0.633. The summed E-state index contributed by atoms with van der Waals surface area (Å²) in [5, 5.41) is 8.90. The van der Waals surface area contributed by atoms with Crippen molar-refractivity contribution in [2.75, 3.05) is 42.5 Å². The van der Waals surface area contributed by atoms with Gasteiger partial charge in [0, 0.05) is 44.5 Å². The highest BCUT2D eigenvalue weighted by molar-refractivity contribution is 5.97. The van der Waals surface area contributed by atoms with Crippen LogP contribution in [0.4, 0.5) is 15.8 Å². The zero-order valence-electron chi connectivity index (χ0n) is 15.6. The van der Waals surface area contributed by atoms with Gasteiger partial charge in [-0.15, -0.1) is 0 Å². The van der Waals surface area contributed by atoms with Gasteiger partial charge >= 0.3 is 0 Å². The molecule has 0 spiro atoms. The summed E-state index contributed by atoms with van der Waals surface area (Å²) < 4.78 is 13.1. The molecule has 0 bridgehead atoms. The number of hydrogen-bond donors (Lipinski definition) is 0. The maximum atomic E-state index is 13.1. The van der Waals surface area contributed by atoms with E-state index >= 15 is 0 Å². The molecule has 0 radical (unpaired) electrons. The molecule has 7 heteroatoms. The minimum absolute atomic E-state index is 0.0439. The number of nitriles is 1. The van der Waals surface area contributed by atoms with E-state index < -0.39 is 0 Å². The first-order valence-electron chi connectivity index (χ1n) is 9.04. The quantitative estimate of drug-likeness (QED) is 0.817. The first-order valence-corrected chi connectivity index (χ1v) is 9.04. The van der Waals surface area contributed by atoms with Gasteiger partial charge in [-0.2, -0.15) is 5.26 Å². The lowest BCUT2D eigenvalue weighted by atomic mass is 10.2. The lowest BCUT2D eigenvalue weighted by molar-refractivity contribution is -0.131. The molecular weight excluding hydrogens is 359 g/mol. The molecule has 1 aliphatic heterocycles. The molecular formula is C21H21FN4O2. The molecule has 0 atom stereocenters. The summed E-state index contributed by atoms with van der Waals surface area (Å²) in [6, 6.07) is 14.9. The van der Waals surface area contributed by atoms with E-state index in [2.05, 4.69) is 4.90 Å². The zero-order valence-corrected chi connectivity index (χ0v) is 15.6. The molecule has 3 rings (SSSR count). The Hall–Kier alpha value is -3.40. The second-order valence-electron chi connectivity index (χ2n) is 6.61.